The Balaban J connectivity index is 1.56. The average Bonchev–Trinajstić information content (AvgIpc) is 2.74. The first-order valence-electron chi connectivity index (χ1n) is 10.7. The predicted molar refractivity (Wildman–Crippen MR) is 123 cm³/mol. The van der Waals surface area contributed by atoms with Gasteiger partial charge in [-0.2, -0.15) is 0 Å². The molecule has 2 N–H and O–H groups in total. The third-order valence-electron chi connectivity index (χ3n) is 4.88. The molecule has 1 fully saturated rings. The van der Waals surface area contributed by atoms with Crippen LogP contribution in [0.5, 0.6) is 5.75 Å². The van der Waals surface area contributed by atoms with Gasteiger partial charge in [0.2, 0.25) is 0 Å². The van der Waals surface area contributed by atoms with E-state index < -0.39 is 0 Å². The van der Waals surface area contributed by atoms with Gasteiger partial charge in [-0.25, -0.2) is 4.39 Å². The highest BCUT2D eigenvalue weighted by Crippen LogP contribution is 2.23. The van der Waals surface area contributed by atoms with Gasteiger partial charge in [-0.15, -0.1) is 0 Å². The van der Waals surface area contributed by atoms with Crippen molar-refractivity contribution in [2.75, 3.05) is 38.3 Å². The summed E-state index contributed by atoms with van der Waals surface area (Å²) in [4.78, 5) is 6.30. The number of morpholine rings is 1. The molecule has 0 aromatic heterocycles. The van der Waals surface area contributed by atoms with Crippen LogP contribution in [-0.4, -0.2) is 44.9 Å². The standard InChI is InChI=1S/C24H33FN4O2/c1-24(2,3)31-22-8-6-5-7-19(22)17-28-23(26-4)27-16-18-9-10-21(20(25)15-18)29-11-13-30-14-12-29/h5-10,15H,11-14,16-17H2,1-4H3,(H2,26,27,28). The Bertz CT molecular complexity index is 889. The monoisotopic (exact) mass is 428 g/mol. The van der Waals surface area contributed by atoms with Gasteiger partial charge in [0.25, 0.3) is 0 Å². The summed E-state index contributed by atoms with van der Waals surface area (Å²) in [6.07, 6.45) is 0. The topological polar surface area (TPSA) is 58.1 Å². The molecule has 1 saturated heterocycles. The first-order chi connectivity index (χ1) is 14.9. The Morgan fingerprint density at radius 2 is 1.81 bits per heavy atom. The normalized spacial score (nSPS) is 15.0. The second-order valence-corrected chi connectivity index (χ2v) is 8.49. The third kappa shape index (κ3) is 6.85. The SMILES string of the molecule is CN=C(NCc1ccc(N2CCOCC2)c(F)c1)NCc1ccccc1OC(C)(C)C. The number of guanidine groups is 1. The van der Waals surface area contributed by atoms with Crippen LogP contribution in [0.4, 0.5) is 10.1 Å². The van der Waals surface area contributed by atoms with Crippen molar-refractivity contribution in [2.45, 2.75) is 39.5 Å². The van der Waals surface area contributed by atoms with Crippen molar-refractivity contribution >= 4 is 11.6 Å². The second-order valence-electron chi connectivity index (χ2n) is 8.49. The number of aliphatic imine (C=N–C) groups is 1. The van der Waals surface area contributed by atoms with E-state index in [1.807, 2.05) is 62.1 Å². The van der Waals surface area contributed by atoms with Crippen LogP contribution in [0.2, 0.25) is 0 Å². The molecular weight excluding hydrogens is 395 g/mol. The Labute approximate surface area is 184 Å². The van der Waals surface area contributed by atoms with Gasteiger partial charge in [0.15, 0.2) is 5.96 Å². The molecule has 0 atom stereocenters. The zero-order valence-electron chi connectivity index (χ0n) is 18.9. The molecule has 1 aliphatic rings. The number of para-hydroxylation sites is 1. The quantitative estimate of drug-likeness (QED) is 0.543. The molecule has 7 heteroatoms. The summed E-state index contributed by atoms with van der Waals surface area (Å²) in [5, 5.41) is 6.55. The van der Waals surface area contributed by atoms with Crippen molar-refractivity contribution in [1.29, 1.82) is 0 Å². The lowest BCUT2D eigenvalue weighted by Crippen LogP contribution is -2.37. The maximum atomic E-state index is 14.6. The minimum Gasteiger partial charge on any atom is -0.488 e. The minimum atomic E-state index is -0.270. The number of hydrogen-bond acceptors (Lipinski definition) is 4. The summed E-state index contributed by atoms with van der Waals surface area (Å²) >= 11 is 0. The third-order valence-corrected chi connectivity index (χ3v) is 4.88. The van der Waals surface area contributed by atoms with Crippen LogP contribution >= 0.6 is 0 Å². The molecule has 2 aromatic carbocycles. The highest BCUT2D eigenvalue weighted by molar-refractivity contribution is 5.79. The smallest absolute Gasteiger partial charge is 0.191 e. The van der Waals surface area contributed by atoms with E-state index in [-0.39, 0.29) is 11.4 Å². The largest absolute Gasteiger partial charge is 0.488 e. The molecule has 168 valence electrons. The van der Waals surface area contributed by atoms with E-state index in [0.29, 0.717) is 51.0 Å². The molecule has 3 rings (SSSR count). The maximum Gasteiger partial charge on any atom is 0.191 e. The summed E-state index contributed by atoms with van der Waals surface area (Å²) in [5.41, 5.74) is 2.26. The molecule has 6 nitrogen and oxygen atoms in total. The van der Waals surface area contributed by atoms with Crippen molar-refractivity contribution in [3.8, 4) is 5.75 Å². The van der Waals surface area contributed by atoms with Crippen LogP contribution in [0.15, 0.2) is 47.5 Å². The molecule has 31 heavy (non-hydrogen) atoms. The van der Waals surface area contributed by atoms with Gasteiger partial charge in [0.05, 0.1) is 18.9 Å². The number of hydrogen-bond donors (Lipinski definition) is 2. The van der Waals surface area contributed by atoms with Crippen molar-refractivity contribution in [2.24, 2.45) is 4.99 Å². The van der Waals surface area contributed by atoms with Crippen LogP contribution in [0.1, 0.15) is 31.9 Å². The lowest BCUT2D eigenvalue weighted by atomic mass is 10.1. The summed E-state index contributed by atoms with van der Waals surface area (Å²) in [6, 6.07) is 13.3. The Morgan fingerprint density at radius 3 is 2.48 bits per heavy atom. The zero-order valence-corrected chi connectivity index (χ0v) is 18.9. The first kappa shape index (κ1) is 22.9. The van der Waals surface area contributed by atoms with Crippen molar-refractivity contribution in [3.05, 3.63) is 59.4 Å². The highest BCUT2D eigenvalue weighted by atomic mass is 19.1. The first-order valence-corrected chi connectivity index (χ1v) is 10.7. The average molecular weight is 429 g/mol. The molecule has 2 aromatic rings. The number of nitrogens with zero attached hydrogens (tertiary/aromatic N) is 2. The van der Waals surface area contributed by atoms with Gasteiger partial charge >= 0.3 is 0 Å². The van der Waals surface area contributed by atoms with Crippen LogP contribution in [-0.2, 0) is 17.8 Å². The van der Waals surface area contributed by atoms with Gasteiger partial charge in [-0.05, 0) is 44.5 Å². The van der Waals surface area contributed by atoms with E-state index in [1.54, 1.807) is 13.1 Å². The van der Waals surface area contributed by atoms with Gasteiger partial charge in [0, 0.05) is 38.8 Å². The van der Waals surface area contributed by atoms with Gasteiger partial charge in [-0.3, -0.25) is 4.99 Å². The minimum absolute atomic E-state index is 0.211. The molecule has 0 unspecified atom stereocenters. The van der Waals surface area contributed by atoms with E-state index in [1.165, 1.54) is 0 Å². The Hall–Kier alpha value is -2.80. The summed E-state index contributed by atoms with van der Waals surface area (Å²) in [6.45, 7) is 9.82. The maximum absolute atomic E-state index is 14.6. The molecule has 0 bridgehead atoms. The van der Waals surface area contributed by atoms with Crippen LogP contribution in [0, 0.1) is 5.82 Å². The molecule has 1 aliphatic heterocycles. The number of rotatable bonds is 6. The summed E-state index contributed by atoms with van der Waals surface area (Å²) in [7, 11) is 1.72. The number of halogens is 1. The van der Waals surface area contributed by atoms with Crippen molar-refractivity contribution < 1.29 is 13.9 Å². The lowest BCUT2D eigenvalue weighted by molar-refractivity contribution is 0.122. The van der Waals surface area contributed by atoms with Gasteiger partial charge in [-0.1, -0.05) is 24.3 Å². The molecule has 0 radical (unpaired) electrons. The lowest BCUT2D eigenvalue weighted by Gasteiger charge is -2.29. The Kier molecular flexibility index (Phi) is 7.74. The van der Waals surface area contributed by atoms with Gasteiger partial charge in [0.1, 0.15) is 17.2 Å². The van der Waals surface area contributed by atoms with Crippen molar-refractivity contribution in [3.63, 3.8) is 0 Å². The number of anilines is 1. The van der Waals surface area contributed by atoms with E-state index in [2.05, 4.69) is 15.6 Å². The van der Waals surface area contributed by atoms with Crippen molar-refractivity contribution in [1.82, 2.24) is 10.6 Å². The molecular formula is C24H33FN4O2. The summed E-state index contributed by atoms with van der Waals surface area (Å²) in [5.74, 6) is 1.28. The molecule has 0 spiro atoms. The number of benzene rings is 2. The highest BCUT2D eigenvalue weighted by Gasteiger charge is 2.16. The van der Waals surface area contributed by atoms with E-state index in [4.69, 9.17) is 9.47 Å². The fourth-order valence-electron chi connectivity index (χ4n) is 3.39. The van der Waals surface area contributed by atoms with Gasteiger partial charge < -0.3 is 25.0 Å². The second kappa shape index (κ2) is 10.5. The summed E-state index contributed by atoms with van der Waals surface area (Å²) < 4.78 is 26.0. The van der Waals surface area contributed by atoms with Crippen LogP contribution in [0.25, 0.3) is 0 Å². The molecule has 1 heterocycles. The predicted octanol–water partition coefficient (Wildman–Crippen LogP) is 3.70. The fraction of sp³-hybridized carbons (Fsp3) is 0.458. The van der Waals surface area contributed by atoms with E-state index in [0.717, 1.165) is 16.9 Å². The fourth-order valence-corrected chi connectivity index (χ4v) is 3.39. The van der Waals surface area contributed by atoms with E-state index >= 15 is 0 Å². The number of nitrogens with one attached hydrogen (secondary N) is 2. The van der Waals surface area contributed by atoms with E-state index in [9.17, 15) is 4.39 Å². The molecule has 0 saturated carbocycles. The van der Waals surface area contributed by atoms with Crippen LogP contribution in [0.3, 0.4) is 0 Å². The Morgan fingerprint density at radius 1 is 1.10 bits per heavy atom. The number of ether oxygens (including phenoxy) is 2. The van der Waals surface area contributed by atoms with Crippen LogP contribution < -0.4 is 20.3 Å². The molecule has 0 amide bonds. The zero-order chi connectivity index (χ0) is 22.3. The molecule has 0 aliphatic carbocycles.